The molecule has 1 aromatic heterocycles. The van der Waals surface area contributed by atoms with E-state index in [1.807, 2.05) is 24.9 Å². The Balaban J connectivity index is 2.10. The summed E-state index contributed by atoms with van der Waals surface area (Å²) in [7, 11) is 0. The molecule has 7 nitrogen and oxygen atoms in total. The predicted octanol–water partition coefficient (Wildman–Crippen LogP) is 1.49. The number of aromatic nitrogens is 2. The van der Waals surface area contributed by atoms with Crippen molar-refractivity contribution in [3.05, 3.63) is 18.2 Å². The van der Waals surface area contributed by atoms with Gasteiger partial charge in [-0.05, 0) is 41.5 Å². The van der Waals surface area contributed by atoms with Crippen LogP contribution in [0.5, 0.6) is 0 Å². The van der Waals surface area contributed by atoms with Gasteiger partial charge in [-0.15, -0.1) is 0 Å². The first-order valence-corrected chi connectivity index (χ1v) is 9.09. The van der Waals surface area contributed by atoms with Gasteiger partial charge in [-0.25, -0.2) is 4.98 Å². The topological polar surface area (TPSA) is 65.8 Å². The first-order valence-electron chi connectivity index (χ1n) is 9.09. The van der Waals surface area contributed by atoms with Crippen LogP contribution < -0.4 is 5.32 Å². The fourth-order valence-corrected chi connectivity index (χ4v) is 3.64. The van der Waals surface area contributed by atoms with E-state index in [0.717, 1.165) is 31.4 Å². The van der Waals surface area contributed by atoms with Gasteiger partial charge in [0.2, 0.25) is 5.91 Å². The molecule has 2 heterocycles. The molecule has 140 valence electrons. The van der Waals surface area contributed by atoms with E-state index in [0.29, 0.717) is 13.1 Å². The van der Waals surface area contributed by atoms with E-state index < -0.39 is 0 Å². The van der Waals surface area contributed by atoms with Crippen LogP contribution in [0.1, 0.15) is 40.4 Å². The maximum absolute atomic E-state index is 12.7. The van der Waals surface area contributed by atoms with Crippen LogP contribution in [0.15, 0.2) is 17.4 Å². The van der Waals surface area contributed by atoms with Crippen molar-refractivity contribution in [2.75, 3.05) is 26.2 Å². The zero-order valence-corrected chi connectivity index (χ0v) is 16.4. The summed E-state index contributed by atoms with van der Waals surface area (Å²) in [5, 5.41) is 3.33. The summed E-state index contributed by atoms with van der Waals surface area (Å²) in [5.41, 5.74) is -0.222. The van der Waals surface area contributed by atoms with Crippen molar-refractivity contribution in [3.63, 3.8) is 0 Å². The lowest BCUT2D eigenvalue weighted by atomic mass is 9.96. The lowest BCUT2D eigenvalue weighted by Gasteiger charge is -2.49. The van der Waals surface area contributed by atoms with Crippen molar-refractivity contribution in [1.82, 2.24) is 24.7 Å². The lowest BCUT2D eigenvalue weighted by Crippen LogP contribution is -2.66. The third-order valence-corrected chi connectivity index (χ3v) is 4.50. The van der Waals surface area contributed by atoms with Crippen LogP contribution in [0.4, 0.5) is 0 Å². The van der Waals surface area contributed by atoms with E-state index in [9.17, 15) is 4.79 Å². The Morgan fingerprint density at radius 2 is 2.16 bits per heavy atom. The molecular formula is C18H32N6O. The lowest BCUT2D eigenvalue weighted by molar-refractivity contribution is -0.145. The molecule has 1 aliphatic heterocycles. The minimum atomic E-state index is -0.222. The van der Waals surface area contributed by atoms with Gasteiger partial charge in [0.15, 0.2) is 5.96 Å². The molecule has 2 rings (SSSR count). The van der Waals surface area contributed by atoms with Gasteiger partial charge in [0.05, 0.1) is 18.6 Å². The van der Waals surface area contributed by atoms with E-state index >= 15 is 0 Å². The Morgan fingerprint density at radius 1 is 1.44 bits per heavy atom. The maximum atomic E-state index is 12.7. The minimum absolute atomic E-state index is 0.155. The number of piperazine rings is 1. The predicted molar refractivity (Wildman–Crippen MR) is 101 cm³/mol. The van der Waals surface area contributed by atoms with Crippen molar-refractivity contribution in [2.45, 2.75) is 59.7 Å². The average Bonchev–Trinajstić information content (AvgIpc) is 2.89. The first-order chi connectivity index (χ1) is 11.8. The number of nitrogens with zero attached hydrogens (tertiary/aromatic N) is 5. The van der Waals surface area contributed by atoms with Crippen molar-refractivity contribution in [2.24, 2.45) is 4.99 Å². The average molecular weight is 348 g/mol. The second-order valence-corrected chi connectivity index (χ2v) is 7.43. The number of nitrogens with one attached hydrogen (secondary N) is 1. The van der Waals surface area contributed by atoms with E-state index in [1.54, 1.807) is 6.20 Å². The Kier molecular flexibility index (Phi) is 6.08. The number of carbonyl (C=O) groups excluding carboxylic acids is 1. The molecule has 0 saturated carbocycles. The molecule has 0 aliphatic carbocycles. The summed E-state index contributed by atoms with van der Waals surface area (Å²) in [6, 6.07) is 0.202. The van der Waals surface area contributed by atoms with Crippen molar-refractivity contribution < 1.29 is 4.79 Å². The Hall–Kier alpha value is -2.05. The minimum Gasteiger partial charge on any atom is -0.357 e. The van der Waals surface area contributed by atoms with Crippen LogP contribution >= 0.6 is 0 Å². The number of hydrogen-bond donors (Lipinski definition) is 1. The maximum Gasteiger partial charge on any atom is 0.242 e. The highest BCUT2D eigenvalue weighted by Crippen LogP contribution is 2.24. The molecule has 0 aromatic carbocycles. The third-order valence-electron chi connectivity index (χ3n) is 4.50. The number of aliphatic imine (C=N–C) groups is 1. The molecule has 1 N–H and O–H groups in total. The summed E-state index contributed by atoms with van der Waals surface area (Å²) in [6.45, 7) is 15.8. The van der Waals surface area contributed by atoms with Gasteiger partial charge in [-0.3, -0.25) is 9.79 Å². The van der Waals surface area contributed by atoms with Gasteiger partial charge in [0.1, 0.15) is 5.82 Å². The summed E-state index contributed by atoms with van der Waals surface area (Å²) >= 11 is 0. The summed E-state index contributed by atoms with van der Waals surface area (Å²) in [5.74, 6) is 1.95. The smallest absolute Gasteiger partial charge is 0.242 e. The number of imidazole rings is 1. The molecule has 1 aliphatic rings. The van der Waals surface area contributed by atoms with Gasteiger partial charge < -0.3 is 19.7 Å². The van der Waals surface area contributed by atoms with Crippen molar-refractivity contribution >= 4 is 11.9 Å². The van der Waals surface area contributed by atoms with Crippen LogP contribution in [0.3, 0.4) is 0 Å². The van der Waals surface area contributed by atoms with Crippen LogP contribution in [0, 0.1) is 6.92 Å². The standard InChI is InChI=1S/C18H32N6O/c1-7-19-17(21-9-11-22-10-8-20-15(22)4)23-12-16(25)24(14(2)3)18(5,6)13-23/h8,10,14H,7,9,11-13H2,1-6H3,(H,19,21). The van der Waals surface area contributed by atoms with E-state index in [-0.39, 0.29) is 17.5 Å². The van der Waals surface area contributed by atoms with Gasteiger partial charge in [0.25, 0.3) is 0 Å². The Bertz CT molecular complexity index is 619. The molecule has 25 heavy (non-hydrogen) atoms. The molecule has 7 heteroatoms. The van der Waals surface area contributed by atoms with Gasteiger partial charge in [-0.2, -0.15) is 0 Å². The summed E-state index contributed by atoms with van der Waals surface area (Å²) < 4.78 is 2.08. The van der Waals surface area contributed by atoms with Crippen molar-refractivity contribution in [3.8, 4) is 0 Å². The molecule has 1 fully saturated rings. The molecule has 0 bridgehead atoms. The number of aryl methyl sites for hydroxylation is 1. The van der Waals surface area contributed by atoms with Crippen LogP contribution in [-0.2, 0) is 11.3 Å². The van der Waals surface area contributed by atoms with Crippen LogP contribution in [-0.4, -0.2) is 69.0 Å². The molecule has 1 aromatic rings. The molecule has 0 radical (unpaired) electrons. The highest BCUT2D eigenvalue weighted by Gasteiger charge is 2.40. The SMILES string of the molecule is CCNC(=NCCn1ccnc1C)N1CC(=O)N(C(C)C)C(C)(C)C1. The van der Waals surface area contributed by atoms with Crippen molar-refractivity contribution in [1.29, 1.82) is 0 Å². The Labute approximate surface area is 151 Å². The highest BCUT2D eigenvalue weighted by atomic mass is 16.2. The summed E-state index contributed by atoms with van der Waals surface area (Å²) in [6.07, 6.45) is 3.77. The number of hydrogen-bond acceptors (Lipinski definition) is 3. The van der Waals surface area contributed by atoms with E-state index in [1.165, 1.54) is 0 Å². The number of rotatable bonds is 5. The monoisotopic (exact) mass is 348 g/mol. The first kappa shape index (κ1) is 19.3. The second kappa shape index (κ2) is 7.89. The van der Waals surface area contributed by atoms with Crippen LogP contribution in [0.2, 0.25) is 0 Å². The quantitative estimate of drug-likeness (QED) is 0.647. The molecule has 0 unspecified atom stereocenters. The highest BCUT2D eigenvalue weighted by molar-refractivity contribution is 5.88. The van der Waals surface area contributed by atoms with Gasteiger partial charge in [0, 0.05) is 38.1 Å². The molecule has 0 spiro atoms. The fourth-order valence-electron chi connectivity index (χ4n) is 3.64. The zero-order chi connectivity index (χ0) is 18.6. The van der Waals surface area contributed by atoms with Gasteiger partial charge in [-0.1, -0.05) is 0 Å². The number of carbonyl (C=O) groups is 1. The van der Waals surface area contributed by atoms with Crippen LogP contribution in [0.25, 0.3) is 0 Å². The fraction of sp³-hybridized carbons (Fsp3) is 0.722. The van der Waals surface area contributed by atoms with Gasteiger partial charge >= 0.3 is 0 Å². The third kappa shape index (κ3) is 4.52. The largest absolute Gasteiger partial charge is 0.357 e. The number of guanidine groups is 1. The molecule has 0 atom stereocenters. The zero-order valence-electron chi connectivity index (χ0n) is 16.4. The number of amides is 1. The Morgan fingerprint density at radius 3 is 2.68 bits per heavy atom. The molecule has 1 saturated heterocycles. The second-order valence-electron chi connectivity index (χ2n) is 7.43. The summed E-state index contributed by atoms with van der Waals surface area (Å²) in [4.78, 5) is 25.7. The van der Waals surface area contributed by atoms with E-state index in [2.05, 4.69) is 47.5 Å². The molecular weight excluding hydrogens is 316 g/mol. The van der Waals surface area contributed by atoms with E-state index in [4.69, 9.17) is 4.99 Å². The normalized spacial score (nSPS) is 18.2. The molecule has 1 amide bonds.